The van der Waals surface area contributed by atoms with E-state index in [0.29, 0.717) is 11.5 Å². The van der Waals surface area contributed by atoms with Gasteiger partial charge in [0.15, 0.2) is 0 Å². The van der Waals surface area contributed by atoms with Crippen molar-refractivity contribution in [3.05, 3.63) is 29.6 Å². The van der Waals surface area contributed by atoms with Crippen molar-refractivity contribution >= 4 is 11.0 Å². The number of benzene rings is 1. The van der Waals surface area contributed by atoms with Gasteiger partial charge in [0.1, 0.15) is 17.4 Å². The Balaban J connectivity index is 2.17. The molecule has 3 heteroatoms. The van der Waals surface area contributed by atoms with Crippen molar-refractivity contribution in [2.24, 2.45) is 0 Å². The summed E-state index contributed by atoms with van der Waals surface area (Å²) in [5.41, 5.74) is 2.46. The van der Waals surface area contributed by atoms with Crippen molar-refractivity contribution < 1.29 is 0 Å². The molecule has 1 fully saturated rings. The summed E-state index contributed by atoms with van der Waals surface area (Å²) in [4.78, 5) is 7.84. The molecular formula is C12H11N3. The van der Waals surface area contributed by atoms with Crippen LogP contribution in [-0.4, -0.2) is 9.97 Å². The van der Waals surface area contributed by atoms with Crippen LogP contribution in [0.5, 0.6) is 0 Å². The molecule has 0 spiro atoms. The van der Waals surface area contributed by atoms with Crippen molar-refractivity contribution in [3.8, 4) is 6.07 Å². The van der Waals surface area contributed by atoms with Gasteiger partial charge in [0.25, 0.3) is 0 Å². The Labute approximate surface area is 87.8 Å². The smallest absolute Gasteiger partial charge is 0.110 e. The van der Waals surface area contributed by atoms with E-state index in [-0.39, 0.29) is 0 Å². The van der Waals surface area contributed by atoms with Crippen LogP contribution in [0.3, 0.4) is 0 Å². The van der Waals surface area contributed by atoms with Gasteiger partial charge in [-0.1, -0.05) is 12.5 Å². The summed E-state index contributed by atoms with van der Waals surface area (Å²) < 4.78 is 0. The quantitative estimate of drug-likeness (QED) is 0.764. The minimum Gasteiger partial charge on any atom is -0.342 e. The second-order valence-electron chi connectivity index (χ2n) is 4.06. The van der Waals surface area contributed by atoms with Gasteiger partial charge >= 0.3 is 0 Å². The number of imidazole rings is 1. The van der Waals surface area contributed by atoms with Gasteiger partial charge < -0.3 is 4.98 Å². The maximum atomic E-state index is 8.95. The van der Waals surface area contributed by atoms with Crippen molar-refractivity contribution in [2.45, 2.75) is 25.2 Å². The number of hydrogen-bond acceptors (Lipinski definition) is 2. The molecule has 0 aliphatic heterocycles. The normalized spacial score (nSPS) is 16.2. The molecule has 74 valence electrons. The Morgan fingerprint density at radius 3 is 2.93 bits per heavy atom. The monoisotopic (exact) mass is 197 g/mol. The van der Waals surface area contributed by atoms with Gasteiger partial charge in [-0.3, -0.25) is 0 Å². The molecule has 1 aliphatic rings. The lowest BCUT2D eigenvalue weighted by molar-refractivity contribution is 0.405. The van der Waals surface area contributed by atoms with E-state index in [4.69, 9.17) is 5.26 Å². The first-order valence-electron chi connectivity index (χ1n) is 5.27. The summed E-state index contributed by atoms with van der Waals surface area (Å²) in [6.07, 6.45) is 3.75. The van der Waals surface area contributed by atoms with Crippen LogP contribution in [0.1, 0.15) is 36.6 Å². The third-order valence-electron chi connectivity index (χ3n) is 3.14. The van der Waals surface area contributed by atoms with Gasteiger partial charge in [-0.2, -0.15) is 5.26 Å². The number of nitrogens with zero attached hydrogens (tertiary/aromatic N) is 2. The number of hydrogen-bond donors (Lipinski definition) is 1. The van der Waals surface area contributed by atoms with Crippen LogP contribution in [0.4, 0.5) is 0 Å². The Bertz CT molecular complexity index is 543. The second kappa shape index (κ2) is 3.09. The molecule has 0 radical (unpaired) electrons. The molecule has 0 unspecified atom stereocenters. The Kier molecular flexibility index (Phi) is 1.75. The maximum Gasteiger partial charge on any atom is 0.110 e. The summed E-state index contributed by atoms with van der Waals surface area (Å²) in [6.45, 7) is 0. The highest BCUT2D eigenvalue weighted by molar-refractivity contribution is 5.81. The third kappa shape index (κ3) is 1.22. The summed E-state index contributed by atoms with van der Waals surface area (Å²) in [5, 5.41) is 8.95. The minimum atomic E-state index is 0.587. The standard InChI is InChI=1S/C12H11N3/c13-7-9-5-2-6-10-11(9)15-12(14-10)8-3-1-4-8/h2,5-6,8H,1,3-4H2,(H,14,15). The highest BCUT2D eigenvalue weighted by atomic mass is 14.9. The van der Waals surface area contributed by atoms with E-state index in [2.05, 4.69) is 16.0 Å². The first-order chi connectivity index (χ1) is 7.38. The molecule has 2 aromatic rings. The van der Waals surface area contributed by atoms with Crippen molar-refractivity contribution in [1.82, 2.24) is 9.97 Å². The molecule has 3 rings (SSSR count). The van der Waals surface area contributed by atoms with Crippen LogP contribution < -0.4 is 0 Å². The lowest BCUT2D eigenvalue weighted by Crippen LogP contribution is -2.10. The Morgan fingerprint density at radius 1 is 1.40 bits per heavy atom. The number of rotatable bonds is 1. The third-order valence-corrected chi connectivity index (χ3v) is 3.14. The fraction of sp³-hybridized carbons (Fsp3) is 0.333. The Hall–Kier alpha value is -1.82. The highest BCUT2D eigenvalue weighted by Gasteiger charge is 2.22. The molecule has 1 N–H and O–H groups in total. The molecule has 1 heterocycles. The van der Waals surface area contributed by atoms with Crippen LogP contribution in [0.25, 0.3) is 11.0 Å². The first-order valence-corrected chi connectivity index (χ1v) is 5.27. The highest BCUT2D eigenvalue weighted by Crippen LogP contribution is 2.35. The summed E-state index contributed by atoms with van der Waals surface area (Å²) >= 11 is 0. The van der Waals surface area contributed by atoms with Crippen LogP contribution >= 0.6 is 0 Å². The molecular weight excluding hydrogens is 186 g/mol. The number of H-pyrrole nitrogens is 1. The second-order valence-corrected chi connectivity index (χ2v) is 4.06. The summed E-state index contributed by atoms with van der Waals surface area (Å²) in [7, 11) is 0. The zero-order chi connectivity index (χ0) is 10.3. The van der Waals surface area contributed by atoms with Gasteiger partial charge in [-0.15, -0.1) is 0 Å². The molecule has 1 saturated carbocycles. The molecule has 1 aromatic heterocycles. The molecule has 3 nitrogen and oxygen atoms in total. The first kappa shape index (κ1) is 8.49. The number of para-hydroxylation sites is 1. The largest absolute Gasteiger partial charge is 0.342 e. The summed E-state index contributed by atoms with van der Waals surface area (Å²) in [6, 6.07) is 7.86. The van der Waals surface area contributed by atoms with E-state index >= 15 is 0 Å². The van der Waals surface area contributed by atoms with Gasteiger partial charge in [0.05, 0.1) is 11.1 Å². The average molecular weight is 197 g/mol. The maximum absolute atomic E-state index is 8.95. The van der Waals surface area contributed by atoms with E-state index in [1.165, 1.54) is 19.3 Å². The topological polar surface area (TPSA) is 52.5 Å². The number of fused-ring (bicyclic) bond motifs is 1. The van der Waals surface area contributed by atoms with Crippen molar-refractivity contribution in [1.29, 1.82) is 5.26 Å². The minimum absolute atomic E-state index is 0.587. The molecule has 0 bridgehead atoms. The van der Waals surface area contributed by atoms with Crippen LogP contribution in [0.15, 0.2) is 18.2 Å². The fourth-order valence-electron chi connectivity index (χ4n) is 2.02. The molecule has 0 atom stereocenters. The zero-order valence-corrected chi connectivity index (χ0v) is 8.33. The Morgan fingerprint density at radius 2 is 2.27 bits per heavy atom. The zero-order valence-electron chi connectivity index (χ0n) is 8.33. The summed E-state index contributed by atoms with van der Waals surface area (Å²) in [5.74, 6) is 1.64. The number of nitrogens with one attached hydrogen (secondary N) is 1. The van der Waals surface area contributed by atoms with Gasteiger partial charge in [-0.05, 0) is 25.0 Å². The average Bonchev–Trinajstić information content (AvgIpc) is 2.57. The van der Waals surface area contributed by atoms with Crippen molar-refractivity contribution in [2.75, 3.05) is 0 Å². The number of aromatic nitrogens is 2. The molecule has 0 saturated heterocycles. The van der Waals surface area contributed by atoms with E-state index in [1.807, 2.05) is 18.2 Å². The van der Waals surface area contributed by atoms with Gasteiger partial charge in [0.2, 0.25) is 0 Å². The van der Waals surface area contributed by atoms with Gasteiger partial charge in [0, 0.05) is 5.92 Å². The van der Waals surface area contributed by atoms with Crippen molar-refractivity contribution in [3.63, 3.8) is 0 Å². The van der Waals surface area contributed by atoms with Crippen LogP contribution in [-0.2, 0) is 0 Å². The van der Waals surface area contributed by atoms with E-state index in [9.17, 15) is 0 Å². The predicted molar refractivity (Wildman–Crippen MR) is 57.4 cm³/mol. The number of nitriles is 1. The molecule has 1 aliphatic carbocycles. The molecule has 1 aromatic carbocycles. The molecule has 15 heavy (non-hydrogen) atoms. The number of aromatic amines is 1. The van der Waals surface area contributed by atoms with E-state index in [0.717, 1.165) is 16.9 Å². The SMILES string of the molecule is N#Cc1cccc2[nH]c(C3CCC3)nc12. The van der Waals surface area contributed by atoms with E-state index < -0.39 is 0 Å². The van der Waals surface area contributed by atoms with E-state index in [1.54, 1.807) is 0 Å². The lowest BCUT2D eigenvalue weighted by atomic mass is 9.85. The van der Waals surface area contributed by atoms with Crippen LogP contribution in [0.2, 0.25) is 0 Å². The lowest BCUT2D eigenvalue weighted by Gasteiger charge is -2.22. The molecule has 0 amide bonds. The van der Waals surface area contributed by atoms with Gasteiger partial charge in [-0.25, -0.2) is 4.98 Å². The predicted octanol–water partition coefficient (Wildman–Crippen LogP) is 2.70. The fourth-order valence-corrected chi connectivity index (χ4v) is 2.02. The van der Waals surface area contributed by atoms with Crippen LogP contribution in [0, 0.1) is 11.3 Å².